The quantitative estimate of drug-likeness (QED) is 0.550. The van der Waals surface area contributed by atoms with Gasteiger partial charge in [-0.1, -0.05) is 0 Å². The fraction of sp³-hybridized carbons (Fsp3) is 0.500. The van der Waals surface area contributed by atoms with Gasteiger partial charge in [-0.05, 0) is 0 Å². The van der Waals surface area contributed by atoms with E-state index >= 15 is 0 Å². The highest BCUT2D eigenvalue weighted by Crippen LogP contribution is 2.19. The SMILES string of the molecule is NS(=O)(=O)N1CCN(S(=O)(=O)c2[nH]ncc2C(=O)O)CC1. The van der Waals surface area contributed by atoms with E-state index in [2.05, 4.69) is 10.2 Å². The number of aromatic amines is 1. The smallest absolute Gasteiger partial charge is 0.340 e. The molecule has 118 valence electrons. The molecule has 13 heteroatoms. The van der Waals surface area contributed by atoms with Crippen LogP contribution in [0.2, 0.25) is 0 Å². The Morgan fingerprint density at radius 3 is 2.19 bits per heavy atom. The maximum absolute atomic E-state index is 12.3. The predicted octanol–water partition coefficient (Wildman–Crippen LogP) is -2.38. The molecule has 1 aromatic rings. The highest BCUT2D eigenvalue weighted by Gasteiger charge is 2.35. The van der Waals surface area contributed by atoms with Gasteiger partial charge in [0.15, 0.2) is 5.03 Å². The van der Waals surface area contributed by atoms with Crippen LogP contribution in [0.25, 0.3) is 0 Å². The van der Waals surface area contributed by atoms with Gasteiger partial charge in [0.05, 0.1) is 6.20 Å². The highest BCUT2D eigenvalue weighted by molar-refractivity contribution is 7.89. The lowest BCUT2D eigenvalue weighted by molar-refractivity contribution is 0.0692. The van der Waals surface area contributed by atoms with E-state index in [-0.39, 0.29) is 26.2 Å². The van der Waals surface area contributed by atoms with E-state index in [4.69, 9.17) is 10.2 Å². The van der Waals surface area contributed by atoms with Crippen molar-refractivity contribution in [1.82, 2.24) is 18.8 Å². The van der Waals surface area contributed by atoms with E-state index < -0.39 is 36.8 Å². The summed E-state index contributed by atoms with van der Waals surface area (Å²) < 4.78 is 48.9. The van der Waals surface area contributed by atoms with Crippen LogP contribution >= 0.6 is 0 Å². The third-order valence-corrected chi connectivity index (χ3v) is 5.95. The first kappa shape index (κ1) is 15.8. The molecule has 1 fully saturated rings. The molecule has 0 amide bonds. The van der Waals surface area contributed by atoms with Gasteiger partial charge in [-0.3, -0.25) is 5.10 Å². The van der Waals surface area contributed by atoms with Gasteiger partial charge in [0.25, 0.3) is 20.2 Å². The number of nitrogens with two attached hydrogens (primary N) is 1. The fourth-order valence-electron chi connectivity index (χ4n) is 1.92. The number of nitrogens with one attached hydrogen (secondary N) is 1. The summed E-state index contributed by atoms with van der Waals surface area (Å²) in [5.74, 6) is -1.43. The topological polar surface area (TPSA) is 167 Å². The number of aromatic carboxylic acids is 1. The summed E-state index contributed by atoms with van der Waals surface area (Å²) in [6.07, 6.45) is 0.899. The number of aromatic nitrogens is 2. The van der Waals surface area contributed by atoms with Crippen molar-refractivity contribution >= 4 is 26.2 Å². The number of sulfonamides is 1. The van der Waals surface area contributed by atoms with Crippen LogP contribution in [0.1, 0.15) is 10.4 Å². The van der Waals surface area contributed by atoms with Gasteiger partial charge in [0.2, 0.25) is 0 Å². The second-order valence-corrected chi connectivity index (χ2v) is 7.69. The molecule has 2 heterocycles. The molecule has 0 unspecified atom stereocenters. The average molecular weight is 339 g/mol. The zero-order valence-corrected chi connectivity index (χ0v) is 12.3. The van der Waals surface area contributed by atoms with Crippen molar-refractivity contribution in [3.63, 3.8) is 0 Å². The monoisotopic (exact) mass is 339 g/mol. The van der Waals surface area contributed by atoms with Gasteiger partial charge in [0, 0.05) is 26.2 Å². The van der Waals surface area contributed by atoms with E-state index in [1.807, 2.05) is 0 Å². The van der Waals surface area contributed by atoms with Gasteiger partial charge < -0.3 is 5.11 Å². The first-order valence-corrected chi connectivity index (χ1v) is 8.63. The summed E-state index contributed by atoms with van der Waals surface area (Å²) in [4.78, 5) is 10.9. The van der Waals surface area contributed by atoms with Gasteiger partial charge in [-0.25, -0.2) is 18.4 Å². The molecule has 0 bridgehead atoms. The number of H-pyrrole nitrogens is 1. The molecule has 0 saturated carbocycles. The number of rotatable bonds is 4. The molecule has 21 heavy (non-hydrogen) atoms. The maximum Gasteiger partial charge on any atom is 0.340 e. The maximum atomic E-state index is 12.3. The van der Waals surface area contributed by atoms with E-state index in [0.717, 1.165) is 14.8 Å². The van der Waals surface area contributed by atoms with Gasteiger partial charge in [-0.15, -0.1) is 0 Å². The number of hydrogen-bond acceptors (Lipinski definition) is 6. The fourth-order valence-corrected chi connectivity index (χ4v) is 4.08. The molecule has 11 nitrogen and oxygen atoms in total. The zero-order valence-electron chi connectivity index (χ0n) is 10.6. The van der Waals surface area contributed by atoms with Crippen molar-refractivity contribution in [3.05, 3.63) is 11.8 Å². The number of hydrogen-bond donors (Lipinski definition) is 3. The van der Waals surface area contributed by atoms with Crippen LogP contribution < -0.4 is 5.14 Å². The van der Waals surface area contributed by atoms with Crippen LogP contribution in [0.3, 0.4) is 0 Å². The molecular formula is C8H13N5O6S2. The minimum Gasteiger partial charge on any atom is -0.478 e. The van der Waals surface area contributed by atoms with Crippen LogP contribution in [0.5, 0.6) is 0 Å². The highest BCUT2D eigenvalue weighted by atomic mass is 32.2. The van der Waals surface area contributed by atoms with Crippen LogP contribution in [0.4, 0.5) is 0 Å². The number of carboxylic acid groups (broad SMARTS) is 1. The summed E-state index contributed by atoms with van der Waals surface area (Å²) in [6, 6.07) is 0. The first-order chi connectivity index (χ1) is 9.64. The lowest BCUT2D eigenvalue weighted by Gasteiger charge is -2.31. The molecule has 1 aliphatic heterocycles. The van der Waals surface area contributed by atoms with Crippen LogP contribution in [0, 0.1) is 0 Å². The molecule has 0 atom stereocenters. The van der Waals surface area contributed by atoms with E-state index in [1.54, 1.807) is 0 Å². The van der Waals surface area contributed by atoms with E-state index in [9.17, 15) is 21.6 Å². The third kappa shape index (κ3) is 3.06. The molecule has 4 N–H and O–H groups in total. The Labute approximate surface area is 120 Å². The Kier molecular flexibility index (Phi) is 4.03. The number of nitrogens with zero attached hydrogens (tertiary/aromatic N) is 3. The molecule has 2 rings (SSSR count). The van der Waals surface area contributed by atoms with Crippen LogP contribution in [0.15, 0.2) is 11.2 Å². The summed E-state index contributed by atoms with van der Waals surface area (Å²) in [7, 11) is -7.96. The number of piperazine rings is 1. The Morgan fingerprint density at radius 2 is 1.71 bits per heavy atom. The van der Waals surface area contributed by atoms with Crippen LogP contribution in [-0.2, 0) is 20.2 Å². The molecular weight excluding hydrogens is 326 g/mol. The predicted molar refractivity (Wildman–Crippen MR) is 69.0 cm³/mol. The normalized spacial score (nSPS) is 18.7. The van der Waals surface area contributed by atoms with Gasteiger partial charge >= 0.3 is 5.97 Å². The molecule has 0 spiro atoms. The first-order valence-electron chi connectivity index (χ1n) is 5.68. The molecule has 1 aliphatic rings. The van der Waals surface area contributed by atoms with Gasteiger partial charge in [-0.2, -0.15) is 22.1 Å². The minimum absolute atomic E-state index is 0.103. The van der Waals surface area contributed by atoms with Crippen molar-refractivity contribution in [3.8, 4) is 0 Å². The molecule has 0 radical (unpaired) electrons. The third-order valence-electron chi connectivity index (χ3n) is 2.99. The summed E-state index contributed by atoms with van der Waals surface area (Å²) in [6.45, 7) is -0.461. The second kappa shape index (κ2) is 5.34. The molecule has 1 saturated heterocycles. The van der Waals surface area contributed by atoms with E-state index in [1.165, 1.54) is 0 Å². The van der Waals surface area contributed by atoms with E-state index in [0.29, 0.717) is 0 Å². The minimum atomic E-state index is -4.09. The molecule has 0 aromatic carbocycles. The summed E-state index contributed by atoms with van der Waals surface area (Å²) in [5.41, 5.74) is -0.469. The van der Waals surface area contributed by atoms with Crippen molar-refractivity contribution in [1.29, 1.82) is 0 Å². The Balaban J connectivity index is 2.23. The molecule has 1 aromatic heterocycles. The van der Waals surface area contributed by atoms with Crippen molar-refractivity contribution < 1.29 is 26.7 Å². The standard InChI is InChI=1S/C8H13N5O6S2/c9-21(18,19)13-3-1-12(2-4-13)20(16,17)7-6(8(14)15)5-10-11-7/h5H,1-4H2,(H,10,11)(H,14,15)(H2,9,18,19). The Bertz CT molecular complexity index is 746. The van der Waals surface area contributed by atoms with Crippen LogP contribution in [-0.4, -0.2) is 72.9 Å². The lowest BCUT2D eigenvalue weighted by atomic mass is 10.4. The lowest BCUT2D eigenvalue weighted by Crippen LogP contribution is -2.52. The summed E-state index contributed by atoms with van der Waals surface area (Å²) >= 11 is 0. The zero-order chi connectivity index (χ0) is 15.8. The summed E-state index contributed by atoms with van der Waals surface area (Å²) in [5, 5.41) is 18.9. The second-order valence-electron chi connectivity index (χ2n) is 4.27. The number of carboxylic acids is 1. The van der Waals surface area contributed by atoms with Crippen molar-refractivity contribution in [2.45, 2.75) is 5.03 Å². The largest absolute Gasteiger partial charge is 0.478 e. The Hall–Kier alpha value is -1.54. The molecule has 0 aliphatic carbocycles. The number of carbonyl (C=O) groups is 1. The van der Waals surface area contributed by atoms with Gasteiger partial charge in [0.1, 0.15) is 5.56 Å². The Morgan fingerprint density at radius 1 is 1.19 bits per heavy atom. The van der Waals surface area contributed by atoms with Crippen molar-refractivity contribution in [2.24, 2.45) is 5.14 Å². The average Bonchev–Trinajstić information content (AvgIpc) is 2.88. The van der Waals surface area contributed by atoms with Crippen molar-refractivity contribution in [2.75, 3.05) is 26.2 Å².